The minimum absolute atomic E-state index is 0.106. The first kappa shape index (κ1) is 12.4. The highest BCUT2D eigenvalue weighted by molar-refractivity contribution is 7.91. The Balaban J connectivity index is 2.20. The van der Waals surface area contributed by atoms with Crippen LogP contribution in [0, 0.1) is 0 Å². The minimum Gasteiger partial charge on any atom is -0.477 e. The van der Waals surface area contributed by atoms with Gasteiger partial charge in [-0.2, -0.15) is 0 Å². The molecule has 0 aliphatic carbocycles. The molecular formula is C10H13NO4S2. The van der Waals surface area contributed by atoms with E-state index < -0.39 is 15.8 Å². The van der Waals surface area contributed by atoms with E-state index in [0.29, 0.717) is 6.54 Å². The maximum atomic E-state index is 11.4. The molecule has 1 aliphatic heterocycles. The summed E-state index contributed by atoms with van der Waals surface area (Å²) < 4.78 is 22.9. The molecule has 1 aromatic rings. The van der Waals surface area contributed by atoms with E-state index >= 15 is 0 Å². The molecule has 1 aliphatic rings. The molecule has 94 valence electrons. The molecule has 7 heteroatoms. The summed E-state index contributed by atoms with van der Waals surface area (Å²) in [5.74, 6) is -0.681. The highest BCUT2D eigenvalue weighted by atomic mass is 32.2. The molecular weight excluding hydrogens is 262 g/mol. The number of sulfone groups is 1. The van der Waals surface area contributed by atoms with Crippen LogP contribution in [0.1, 0.15) is 16.6 Å². The SMILES string of the molecule is CC1CS(=O)(=O)CCN1c1csc(C(=O)O)c1. The molecule has 0 spiro atoms. The standard InChI is InChI=1S/C10H13NO4S2/c1-7-6-17(14,15)3-2-11(7)8-4-9(10(12)13)16-5-8/h4-5,7H,2-3,6H2,1H3,(H,12,13). The topological polar surface area (TPSA) is 74.7 Å². The Labute approximate surface area is 104 Å². The van der Waals surface area contributed by atoms with E-state index in [1.165, 1.54) is 0 Å². The third-order valence-corrected chi connectivity index (χ3v) is 5.50. The number of nitrogens with zero attached hydrogens (tertiary/aromatic N) is 1. The molecule has 1 unspecified atom stereocenters. The largest absolute Gasteiger partial charge is 0.477 e. The Morgan fingerprint density at radius 2 is 2.29 bits per heavy atom. The zero-order valence-electron chi connectivity index (χ0n) is 9.29. The van der Waals surface area contributed by atoms with Crippen molar-refractivity contribution in [3.05, 3.63) is 16.3 Å². The second-order valence-electron chi connectivity index (χ2n) is 4.13. The average molecular weight is 275 g/mol. The third kappa shape index (κ3) is 2.61. The number of carboxylic acid groups (broad SMARTS) is 1. The first-order valence-corrected chi connectivity index (χ1v) is 7.88. The molecule has 0 saturated carbocycles. The smallest absolute Gasteiger partial charge is 0.345 e. The van der Waals surface area contributed by atoms with E-state index in [0.717, 1.165) is 17.0 Å². The molecule has 0 amide bonds. The number of hydrogen-bond donors (Lipinski definition) is 1. The number of thiophene rings is 1. The molecule has 0 aromatic carbocycles. The lowest BCUT2D eigenvalue weighted by Gasteiger charge is -2.34. The van der Waals surface area contributed by atoms with Crippen LogP contribution in [0.4, 0.5) is 5.69 Å². The molecule has 5 nitrogen and oxygen atoms in total. The van der Waals surface area contributed by atoms with Gasteiger partial charge in [0.2, 0.25) is 0 Å². The van der Waals surface area contributed by atoms with Gasteiger partial charge >= 0.3 is 5.97 Å². The van der Waals surface area contributed by atoms with Gasteiger partial charge in [-0.25, -0.2) is 13.2 Å². The predicted molar refractivity (Wildman–Crippen MR) is 66.7 cm³/mol. The third-order valence-electron chi connectivity index (χ3n) is 2.80. The first-order chi connectivity index (χ1) is 7.89. The Morgan fingerprint density at radius 3 is 2.82 bits per heavy atom. The molecule has 2 heterocycles. The zero-order chi connectivity index (χ0) is 12.6. The number of anilines is 1. The summed E-state index contributed by atoms with van der Waals surface area (Å²) in [7, 11) is -2.94. The van der Waals surface area contributed by atoms with Crippen LogP contribution < -0.4 is 4.90 Å². The number of aromatic carboxylic acids is 1. The van der Waals surface area contributed by atoms with Crippen LogP contribution >= 0.6 is 11.3 Å². The van der Waals surface area contributed by atoms with Gasteiger partial charge in [-0.05, 0) is 13.0 Å². The summed E-state index contributed by atoms with van der Waals surface area (Å²) in [6.07, 6.45) is 0. The number of carbonyl (C=O) groups is 1. The van der Waals surface area contributed by atoms with Gasteiger partial charge in [0.05, 0.1) is 11.5 Å². The van der Waals surface area contributed by atoms with E-state index in [-0.39, 0.29) is 22.4 Å². The summed E-state index contributed by atoms with van der Waals surface area (Å²) in [5.41, 5.74) is 0.801. The van der Waals surface area contributed by atoms with Crippen LogP contribution in [0.2, 0.25) is 0 Å². The van der Waals surface area contributed by atoms with Gasteiger partial charge in [0, 0.05) is 23.7 Å². The highest BCUT2D eigenvalue weighted by Crippen LogP contribution is 2.27. The Morgan fingerprint density at radius 1 is 1.59 bits per heavy atom. The van der Waals surface area contributed by atoms with E-state index in [9.17, 15) is 13.2 Å². The van der Waals surface area contributed by atoms with Gasteiger partial charge in [-0.3, -0.25) is 0 Å². The average Bonchev–Trinajstić information content (AvgIpc) is 2.65. The molecule has 1 fully saturated rings. The summed E-state index contributed by atoms with van der Waals surface area (Å²) in [4.78, 5) is 13.0. The normalized spacial score (nSPS) is 23.6. The van der Waals surface area contributed by atoms with E-state index in [1.54, 1.807) is 11.4 Å². The van der Waals surface area contributed by atoms with Gasteiger partial charge in [0.1, 0.15) is 4.88 Å². The van der Waals surface area contributed by atoms with Crippen LogP contribution in [-0.4, -0.2) is 43.6 Å². The lowest BCUT2D eigenvalue weighted by Crippen LogP contribution is -2.46. The van der Waals surface area contributed by atoms with Gasteiger partial charge in [-0.1, -0.05) is 0 Å². The van der Waals surface area contributed by atoms with Crippen molar-refractivity contribution in [3.63, 3.8) is 0 Å². The zero-order valence-corrected chi connectivity index (χ0v) is 10.9. The molecule has 1 saturated heterocycles. The fourth-order valence-electron chi connectivity index (χ4n) is 1.97. The van der Waals surface area contributed by atoms with Gasteiger partial charge in [0.15, 0.2) is 9.84 Å². The Hall–Kier alpha value is -1.08. The molecule has 1 N–H and O–H groups in total. The minimum atomic E-state index is -2.94. The fraction of sp³-hybridized carbons (Fsp3) is 0.500. The number of carboxylic acids is 1. The van der Waals surface area contributed by atoms with Crippen molar-refractivity contribution in [2.24, 2.45) is 0 Å². The lowest BCUT2D eigenvalue weighted by atomic mass is 10.2. The summed E-state index contributed by atoms with van der Waals surface area (Å²) >= 11 is 1.16. The van der Waals surface area contributed by atoms with Crippen molar-refractivity contribution in [1.82, 2.24) is 0 Å². The van der Waals surface area contributed by atoms with Crippen LogP contribution in [0.15, 0.2) is 11.4 Å². The van der Waals surface area contributed by atoms with E-state index in [4.69, 9.17) is 5.11 Å². The van der Waals surface area contributed by atoms with Crippen LogP contribution in [0.25, 0.3) is 0 Å². The van der Waals surface area contributed by atoms with Crippen molar-refractivity contribution in [2.45, 2.75) is 13.0 Å². The van der Waals surface area contributed by atoms with E-state index in [1.807, 2.05) is 11.8 Å². The van der Waals surface area contributed by atoms with Crippen LogP contribution in [0.3, 0.4) is 0 Å². The Kier molecular flexibility index (Phi) is 3.13. The maximum Gasteiger partial charge on any atom is 0.345 e. The van der Waals surface area contributed by atoms with Crippen molar-refractivity contribution < 1.29 is 18.3 Å². The molecule has 0 bridgehead atoms. The highest BCUT2D eigenvalue weighted by Gasteiger charge is 2.28. The first-order valence-electron chi connectivity index (χ1n) is 5.18. The maximum absolute atomic E-state index is 11.4. The van der Waals surface area contributed by atoms with Crippen molar-refractivity contribution in [3.8, 4) is 0 Å². The van der Waals surface area contributed by atoms with Gasteiger partial charge in [0.25, 0.3) is 0 Å². The monoisotopic (exact) mass is 275 g/mol. The Bertz CT molecular complexity index is 534. The number of hydrogen-bond acceptors (Lipinski definition) is 5. The van der Waals surface area contributed by atoms with Crippen LogP contribution in [-0.2, 0) is 9.84 Å². The molecule has 1 aromatic heterocycles. The van der Waals surface area contributed by atoms with E-state index in [2.05, 4.69) is 0 Å². The van der Waals surface area contributed by atoms with Crippen molar-refractivity contribution in [2.75, 3.05) is 23.0 Å². The summed E-state index contributed by atoms with van der Waals surface area (Å²) in [6, 6.07) is 1.49. The fourth-order valence-corrected chi connectivity index (χ4v) is 4.27. The predicted octanol–water partition coefficient (Wildman–Crippen LogP) is 1.07. The molecule has 2 rings (SSSR count). The van der Waals surface area contributed by atoms with Crippen molar-refractivity contribution in [1.29, 1.82) is 0 Å². The summed E-state index contributed by atoms with van der Waals surface area (Å²) in [5, 5.41) is 10.6. The molecule has 0 radical (unpaired) electrons. The second kappa shape index (κ2) is 4.30. The quantitative estimate of drug-likeness (QED) is 0.874. The van der Waals surface area contributed by atoms with Crippen molar-refractivity contribution >= 4 is 32.8 Å². The summed E-state index contributed by atoms with van der Waals surface area (Å²) in [6.45, 7) is 2.27. The molecule has 17 heavy (non-hydrogen) atoms. The lowest BCUT2D eigenvalue weighted by molar-refractivity contribution is 0.0702. The van der Waals surface area contributed by atoms with Gasteiger partial charge < -0.3 is 10.0 Å². The van der Waals surface area contributed by atoms with Gasteiger partial charge in [-0.15, -0.1) is 11.3 Å². The number of rotatable bonds is 2. The second-order valence-corrected chi connectivity index (χ2v) is 7.27. The molecule has 1 atom stereocenters. The van der Waals surface area contributed by atoms with Crippen LogP contribution in [0.5, 0.6) is 0 Å².